The topological polar surface area (TPSA) is 129 Å². The van der Waals surface area contributed by atoms with E-state index in [0.29, 0.717) is 30.7 Å². The second kappa shape index (κ2) is 13.1. The molecule has 4 rings (SSSR count). The van der Waals surface area contributed by atoms with Crippen molar-refractivity contribution in [3.63, 3.8) is 0 Å². The average Bonchev–Trinajstić information content (AvgIpc) is 3.49. The molecule has 1 aliphatic heterocycles. The van der Waals surface area contributed by atoms with Crippen LogP contribution in [0, 0.1) is 11.8 Å². The molecule has 196 valence electrons. The van der Waals surface area contributed by atoms with E-state index in [1.165, 1.54) is 19.3 Å². The largest absolute Gasteiger partial charge is 0.496 e. The van der Waals surface area contributed by atoms with Crippen molar-refractivity contribution in [3.05, 3.63) is 30.0 Å². The van der Waals surface area contributed by atoms with Crippen LogP contribution in [0.5, 0.6) is 5.75 Å². The Balaban J connectivity index is 0.000000658. The summed E-state index contributed by atoms with van der Waals surface area (Å²) in [6.07, 6.45) is 7.29. The van der Waals surface area contributed by atoms with Gasteiger partial charge in [0, 0.05) is 23.4 Å². The summed E-state index contributed by atoms with van der Waals surface area (Å²) in [6.45, 7) is 5.01. The van der Waals surface area contributed by atoms with Crippen LogP contribution >= 0.6 is 0 Å². The highest BCUT2D eigenvalue weighted by Gasteiger charge is 2.39. The molecule has 0 spiro atoms. The summed E-state index contributed by atoms with van der Waals surface area (Å²) in [5.41, 5.74) is 1.08. The molecule has 1 saturated heterocycles. The minimum atomic E-state index is -0.767. The highest BCUT2D eigenvalue weighted by Crippen LogP contribution is 2.33. The summed E-state index contributed by atoms with van der Waals surface area (Å²) in [5, 5.41) is 9.02. The van der Waals surface area contributed by atoms with E-state index in [-0.39, 0.29) is 24.2 Å². The van der Waals surface area contributed by atoms with Crippen LogP contribution in [-0.2, 0) is 14.4 Å². The monoisotopic (exact) mass is 498 g/mol. The third-order valence-electron chi connectivity index (χ3n) is 6.65. The van der Waals surface area contributed by atoms with Crippen molar-refractivity contribution in [2.45, 2.75) is 70.9 Å². The number of rotatable bonds is 11. The van der Waals surface area contributed by atoms with Crippen LogP contribution in [0.2, 0.25) is 0 Å². The van der Waals surface area contributed by atoms with E-state index in [9.17, 15) is 19.2 Å². The molecular weight excluding hydrogens is 460 g/mol. The zero-order chi connectivity index (χ0) is 26.1. The molecule has 1 saturated carbocycles. The number of fused-ring (bicyclic) bond motifs is 1. The number of carbonyl (C=O) groups is 4. The molecule has 0 radical (unpaired) electrons. The van der Waals surface area contributed by atoms with E-state index in [1.54, 1.807) is 13.2 Å². The fourth-order valence-electron chi connectivity index (χ4n) is 4.42. The van der Waals surface area contributed by atoms with Gasteiger partial charge in [0.25, 0.3) is 5.91 Å². The number of hydrogen-bond donors (Lipinski definition) is 4. The van der Waals surface area contributed by atoms with Crippen molar-refractivity contribution >= 4 is 34.9 Å². The van der Waals surface area contributed by atoms with Gasteiger partial charge in [-0.1, -0.05) is 39.2 Å². The summed E-state index contributed by atoms with van der Waals surface area (Å²) in [6, 6.07) is 5.66. The first-order valence-corrected chi connectivity index (χ1v) is 12.9. The molecule has 36 heavy (non-hydrogen) atoms. The number of benzene rings is 1. The van der Waals surface area contributed by atoms with Gasteiger partial charge in [0.05, 0.1) is 13.2 Å². The quantitative estimate of drug-likeness (QED) is 0.354. The number of unbranched alkanes of at least 4 members (excludes halogenated alkanes) is 2. The summed E-state index contributed by atoms with van der Waals surface area (Å²) < 4.78 is 5.33. The SMILES string of the molecule is CCCCC.COc1cccc2[nH]c(C(=O)N[C@H](C(=O)N[C@H](C=O)C[C@@H]3CCNC3=O)C3CC3)cc12. The maximum Gasteiger partial charge on any atom is 0.268 e. The molecule has 4 N–H and O–H groups in total. The maximum absolute atomic E-state index is 12.9. The standard InChI is InChI=1S/C22H26N4O5.C5H12/c1-31-18-4-2-3-16-15(18)10-17(25-16)21(29)26-19(12-5-6-12)22(30)24-14(11-27)9-13-7-8-23-20(13)28;1-3-5-4-2/h2-4,10-14,19,25H,5-9H2,1H3,(H,23,28)(H,24,30)(H,26,29);3-5H2,1-2H3/t13-,14-,19-;/m0./s1. The predicted molar refractivity (Wildman–Crippen MR) is 138 cm³/mol. The van der Waals surface area contributed by atoms with Crippen molar-refractivity contribution < 1.29 is 23.9 Å². The second-order valence-corrected chi connectivity index (χ2v) is 9.51. The number of aromatic amines is 1. The van der Waals surface area contributed by atoms with E-state index in [1.807, 2.05) is 18.2 Å². The molecule has 3 amide bonds. The van der Waals surface area contributed by atoms with Gasteiger partial charge in [0.1, 0.15) is 23.8 Å². The molecule has 0 bridgehead atoms. The molecule has 9 nitrogen and oxygen atoms in total. The Hall–Kier alpha value is -3.36. The highest BCUT2D eigenvalue weighted by molar-refractivity contribution is 6.01. The van der Waals surface area contributed by atoms with Gasteiger partial charge in [-0.2, -0.15) is 0 Å². The first kappa shape index (κ1) is 27.2. The van der Waals surface area contributed by atoms with Gasteiger partial charge in [-0.3, -0.25) is 14.4 Å². The van der Waals surface area contributed by atoms with E-state index < -0.39 is 23.9 Å². The number of aromatic nitrogens is 1. The van der Waals surface area contributed by atoms with Gasteiger partial charge in [-0.05, 0) is 49.8 Å². The van der Waals surface area contributed by atoms with Crippen LogP contribution in [0.15, 0.2) is 24.3 Å². The van der Waals surface area contributed by atoms with E-state index in [0.717, 1.165) is 23.7 Å². The average molecular weight is 499 g/mol. The molecule has 2 aliphatic rings. The second-order valence-electron chi connectivity index (χ2n) is 9.51. The predicted octanol–water partition coefficient (Wildman–Crippen LogP) is 3.09. The van der Waals surface area contributed by atoms with Crippen LogP contribution in [0.4, 0.5) is 0 Å². The molecule has 2 fully saturated rings. The van der Waals surface area contributed by atoms with Gasteiger partial charge in [-0.15, -0.1) is 0 Å². The molecule has 3 atom stereocenters. The van der Waals surface area contributed by atoms with Gasteiger partial charge in [-0.25, -0.2) is 0 Å². The normalized spacial score (nSPS) is 18.4. The number of nitrogens with one attached hydrogen (secondary N) is 4. The van der Waals surface area contributed by atoms with Crippen LogP contribution in [0.3, 0.4) is 0 Å². The lowest BCUT2D eigenvalue weighted by Gasteiger charge is -2.21. The molecular formula is C27H38N4O5. The fourth-order valence-corrected chi connectivity index (χ4v) is 4.42. The van der Waals surface area contributed by atoms with Gasteiger partial charge in [0.15, 0.2) is 0 Å². The van der Waals surface area contributed by atoms with E-state index in [2.05, 4.69) is 34.8 Å². The number of methoxy groups -OCH3 is 1. The lowest BCUT2D eigenvalue weighted by atomic mass is 9.98. The lowest BCUT2D eigenvalue weighted by molar-refractivity contribution is -0.127. The minimum absolute atomic E-state index is 0.0324. The summed E-state index contributed by atoms with van der Waals surface area (Å²) >= 11 is 0. The summed E-state index contributed by atoms with van der Waals surface area (Å²) in [5.74, 6) is -0.504. The maximum atomic E-state index is 12.9. The Morgan fingerprint density at radius 1 is 1.17 bits per heavy atom. The van der Waals surface area contributed by atoms with E-state index >= 15 is 0 Å². The minimum Gasteiger partial charge on any atom is -0.496 e. The van der Waals surface area contributed by atoms with Crippen molar-refractivity contribution in [3.8, 4) is 5.75 Å². The Kier molecular flexibility index (Phi) is 9.90. The number of carbonyl (C=O) groups excluding carboxylic acids is 4. The zero-order valence-corrected chi connectivity index (χ0v) is 21.4. The van der Waals surface area contributed by atoms with Gasteiger partial charge >= 0.3 is 0 Å². The summed E-state index contributed by atoms with van der Waals surface area (Å²) in [4.78, 5) is 52.1. The van der Waals surface area contributed by atoms with Crippen molar-refractivity contribution in [2.24, 2.45) is 11.8 Å². The van der Waals surface area contributed by atoms with Crippen molar-refractivity contribution in [1.82, 2.24) is 20.9 Å². The number of amides is 3. The van der Waals surface area contributed by atoms with E-state index in [4.69, 9.17) is 4.74 Å². The molecule has 1 aromatic carbocycles. The first-order chi connectivity index (χ1) is 17.4. The Morgan fingerprint density at radius 2 is 1.92 bits per heavy atom. The Bertz CT molecular complexity index is 1060. The lowest BCUT2D eigenvalue weighted by Crippen LogP contribution is -2.51. The van der Waals surface area contributed by atoms with Crippen LogP contribution in [0.25, 0.3) is 10.9 Å². The number of aldehydes is 1. The molecule has 0 unspecified atom stereocenters. The summed E-state index contributed by atoms with van der Waals surface area (Å²) in [7, 11) is 1.56. The van der Waals surface area contributed by atoms with Crippen LogP contribution in [-0.4, -0.2) is 54.7 Å². The third-order valence-corrected chi connectivity index (χ3v) is 6.65. The Labute approximate surface area is 212 Å². The molecule has 2 heterocycles. The number of H-pyrrole nitrogens is 1. The number of hydrogen-bond acceptors (Lipinski definition) is 5. The highest BCUT2D eigenvalue weighted by atomic mass is 16.5. The molecule has 1 aromatic heterocycles. The van der Waals surface area contributed by atoms with Crippen LogP contribution < -0.4 is 20.7 Å². The first-order valence-electron chi connectivity index (χ1n) is 12.9. The third kappa shape index (κ3) is 7.08. The van der Waals surface area contributed by atoms with Gasteiger partial charge in [0.2, 0.25) is 11.8 Å². The fraction of sp³-hybridized carbons (Fsp3) is 0.556. The molecule has 9 heteroatoms. The van der Waals surface area contributed by atoms with Gasteiger partial charge < -0.3 is 30.5 Å². The smallest absolute Gasteiger partial charge is 0.268 e. The van der Waals surface area contributed by atoms with Crippen molar-refractivity contribution in [1.29, 1.82) is 0 Å². The molecule has 2 aromatic rings. The Morgan fingerprint density at radius 3 is 2.47 bits per heavy atom. The number of ether oxygens (including phenoxy) is 1. The van der Waals surface area contributed by atoms with Crippen molar-refractivity contribution in [2.75, 3.05) is 13.7 Å². The van der Waals surface area contributed by atoms with Crippen LogP contribution in [0.1, 0.15) is 69.3 Å². The zero-order valence-electron chi connectivity index (χ0n) is 21.4. The molecule has 1 aliphatic carbocycles.